The third kappa shape index (κ3) is 2.15. The standard InChI is InChI=1S/C6H7S.Hg.HI/c1-5-3-4-7-6(5)2;;/h3H,1-2H3;;1H/q;+1;/p-1. The minimum atomic E-state index is -0.563. The van der Waals surface area contributed by atoms with Crippen molar-refractivity contribution in [1.29, 1.82) is 0 Å². The van der Waals surface area contributed by atoms with Gasteiger partial charge in [0, 0.05) is 0 Å². The molecule has 0 atom stereocenters. The summed E-state index contributed by atoms with van der Waals surface area (Å²) in [5.74, 6) is 0. The van der Waals surface area contributed by atoms with Gasteiger partial charge in [0.05, 0.1) is 0 Å². The Kier molecular flexibility index (Phi) is 3.45. The van der Waals surface area contributed by atoms with Gasteiger partial charge in [-0.15, -0.1) is 0 Å². The number of hydrogen-bond donors (Lipinski definition) is 0. The van der Waals surface area contributed by atoms with Gasteiger partial charge in [-0.3, -0.25) is 0 Å². The molecule has 0 aromatic carbocycles. The molecule has 1 aromatic heterocycles. The third-order valence-corrected chi connectivity index (χ3v) is 18.9. The van der Waals surface area contributed by atoms with Gasteiger partial charge in [-0.2, -0.15) is 0 Å². The first kappa shape index (κ1) is 8.46. The number of thiophene rings is 1. The van der Waals surface area contributed by atoms with Crippen molar-refractivity contribution in [3.05, 3.63) is 16.5 Å². The van der Waals surface area contributed by atoms with Crippen LogP contribution < -0.4 is 2.39 Å². The maximum atomic E-state index is 2.62. The Balaban J connectivity index is 2.98. The zero-order chi connectivity index (χ0) is 6.85. The number of rotatable bonds is 1. The summed E-state index contributed by atoms with van der Waals surface area (Å²) in [5, 5.41) is 0. The van der Waals surface area contributed by atoms with Crippen LogP contribution >= 0.6 is 29.0 Å². The van der Waals surface area contributed by atoms with Crippen LogP contribution in [0.4, 0.5) is 0 Å². The van der Waals surface area contributed by atoms with Gasteiger partial charge < -0.3 is 0 Å². The quantitative estimate of drug-likeness (QED) is 0.467. The molecule has 1 rings (SSSR count). The molecule has 46 valence electrons. The molecular weight excluding hydrogens is 432 g/mol. The topological polar surface area (TPSA) is 0 Å². The van der Waals surface area contributed by atoms with E-state index in [4.69, 9.17) is 0 Å². The zero-order valence-corrected chi connectivity index (χ0v) is 14.0. The molecule has 3 heteroatoms. The summed E-state index contributed by atoms with van der Waals surface area (Å²) in [5.41, 5.74) is 1.49. The van der Waals surface area contributed by atoms with E-state index in [9.17, 15) is 0 Å². The van der Waals surface area contributed by atoms with E-state index >= 15 is 0 Å². The predicted molar refractivity (Wildman–Crippen MR) is 47.4 cm³/mol. The van der Waals surface area contributed by atoms with Crippen molar-refractivity contribution in [1.82, 2.24) is 0 Å². The Morgan fingerprint density at radius 3 is 2.44 bits per heavy atom. The van der Waals surface area contributed by atoms with Crippen molar-refractivity contribution in [3.8, 4) is 0 Å². The fraction of sp³-hybridized carbons (Fsp3) is 0.333. The fourth-order valence-corrected chi connectivity index (χ4v) is 12.3. The van der Waals surface area contributed by atoms with E-state index in [0.29, 0.717) is 0 Å². The molecule has 0 N–H and O–H groups in total. The molecule has 0 unspecified atom stereocenters. The van der Waals surface area contributed by atoms with E-state index in [1.54, 1.807) is 2.39 Å². The molecular formula is C6H7HgIS. The number of halogens is 1. The van der Waals surface area contributed by atoms with Crippen LogP contribution in [0.1, 0.15) is 10.4 Å². The van der Waals surface area contributed by atoms with Crippen molar-refractivity contribution in [2.75, 3.05) is 0 Å². The van der Waals surface area contributed by atoms with Crippen LogP contribution in [0.2, 0.25) is 0 Å². The van der Waals surface area contributed by atoms with Crippen LogP contribution in [0, 0.1) is 13.8 Å². The summed E-state index contributed by atoms with van der Waals surface area (Å²) in [4.78, 5) is 1.52. The molecule has 9 heavy (non-hydrogen) atoms. The number of hydrogen-bond acceptors (Lipinski definition) is 1. The summed E-state index contributed by atoms with van der Waals surface area (Å²) in [6, 6.07) is 2.37. The monoisotopic (exact) mass is 440 g/mol. The van der Waals surface area contributed by atoms with Crippen molar-refractivity contribution in [2.45, 2.75) is 13.8 Å². The Hall–Kier alpha value is 1.37. The van der Waals surface area contributed by atoms with Gasteiger partial charge in [-0.25, -0.2) is 0 Å². The molecule has 0 bridgehead atoms. The van der Waals surface area contributed by atoms with Gasteiger partial charge in [0.1, 0.15) is 0 Å². The van der Waals surface area contributed by atoms with Crippen LogP contribution in [-0.4, -0.2) is 0 Å². The van der Waals surface area contributed by atoms with Crippen molar-refractivity contribution in [3.63, 3.8) is 0 Å². The second-order valence-electron chi connectivity index (χ2n) is 2.09. The summed E-state index contributed by atoms with van der Waals surface area (Å²) in [6.07, 6.45) is 0. The van der Waals surface area contributed by atoms with E-state index in [2.05, 4.69) is 37.6 Å². The molecule has 0 aliphatic heterocycles. The molecule has 0 radical (unpaired) electrons. The molecule has 0 aliphatic rings. The Labute approximate surface area is 80.8 Å². The minimum absolute atomic E-state index is 0.563. The summed E-state index contributed by atoms with van der Waals surface area (Å²) in [6.45, 7) is 4.42. The van der Waals surface area contributed by atoms with Gasteiger partial charge >= 0.3 is 82.0 Å². The van der Waals surface area contributed by atoms with Gasteiger partial charge in [-0.05, 0) is 0 Å². The van der Waals surface area contributed by atoms with Gasteiger partial charge in [0.15, 0.2) is 0 Å². The fourth-order valence-electron chi connectivity index (χ4n) is 0.716. The van der Waals surface area contributed by atoms with Crippen LogP contribution in [0.5, 0.6) is 0 Å². The molecule has 0 nitrogen and oxygen atoms in total. The van der Waals surface area contributed by atoms with Crippen LogP contribution in [-0.2, 0) is 20.2 Å². The number of aryl methyl sites for hydroxylation is 2. The first-order valence-electron chi connectivity index (χ1n) is 2.86. The molecule has 0 saturated heterocycles. The third-order valence-electron chi connectivity index (χ3n) is 1.35. The molecule has 0 aliphatic carbocycles. The van der Waals surface area contributed by atoms with Crippen molar-refractivity contribution in [2.24, 2.45) is 0 Å². The van der Waals surface area contributed by atoms with E-state index in [1.807, 2.05) is 11.3 Å². The van der Waals surface area contributed by atoms with Gasteiger partial charge in [-0.1, -0.05) is 0 Å². The second-order valence-corrected chi connectivity index (χ2v) is 16.1. The Bertz CT molecular complexity index is 187. The van der Waals surface area contributed by atoms with E-state index in [-0.39, 0.29) is 0 Å². The van der Waals surface area contributed by atoms with E-state index < -0.39 is 20.2 Å². The molecule has 0 fully saturated rings. The van der Waals surface area contributed by atoms with Gasteiger partial charge in [0.25, 0.3) is 0 Å². The molecule has 0 amide bonds. The summed E-state index contributed by atoms with van der Waals surface area (Å²) >= 11 is 4.06. The summed E-state index contributed by atoms with van der Waals surface area (Å²) < 4.78 is 1.71. The Morgan fingerprint density at radius 2 is 2.22 bits per heavy atom. The van der Waals surface area contributed by atoms with Crippen LogP contribution in [0.25, 0.3) is 0 Å². The first-order chi connectivity index (χ1) is 4.24. The molecule has 0 spiro atoms. The van der Waals surface area contributed by atoms with Crippen LogP contribution in [0.3, 0.4) is 0 Å². The second kappa shape index (κ2) is 3.67. The van der Waals surface area contributed by atoms with E-state index in [0.717, 1.165) is 0 Å². The van der Waals surface area contributed by atoms with Crippen molar-refractivity contribution >= 4 is 31.4 Å². The molecule has 1 aromatic rings. The normalized spacial score (nSPS) is 9.22. The molecule has 0 saturated carbocycles. The molecule has 1 heterocycles. The maximum absolute atomic E-state index is 2.62. The average molecular weight is 439 g/mol. The first-order valence-corrected chi connectivity index (χ1v) is 21.9. The van der Waals surface area contributed by atoms with Gasteiger partial charge in [0.2, 0.25) is 0 Å². The Morgan fingerprint density at radius 1 is 1.56 bits per heavy atom. The SMILES string of the molecule is Cc1c[c]([Hg][I])sc1C. The van der Waals surface area contributed by atoms with Crippen molar-refractivity contribution < 1.29 is 20.2 Å². The zero-order valence-electron chi connectivity index (χ0n) is 5.57. The van der Waals surface area contributed by atoms with Crippen LogP contribution in [0.15, 0.2) is 6.07 Å². The average Bonchev–Trinajstić information content (AvgIpc) is 2.13. The predicted octanol–water partition coefficient (Wildman–Crippen LogP) is 2.42. The summed E-state index contributed by atoms with van der Waals surface area (Å²) in [7, 11) is 0. The van der Waals surface area contributed by atoms with E-state index in [1.165, 1.54) is 10.4 Å².